The van der Waals surface area contributed by atoms with Gasteiger partial charge in [-0.2, -0.15) is 0 Å². The van der Waals surface area contributed by atoms with Gasteiger partial charge in [-0.3, -0.25) is 4.79 Å². The molecular formula is C19H21FN2O2. The number of nitrogens with one attached hydrogen (secondary N) is 1. The zero-order chi connectivity index (χ0) is 16.9. The van der Waals surface area contributed by atoms with Gasteiger partial charge in [0.1, 0.15) is 11.6 Å². The molecule has 126 valence electrons. The van der Waals surface area contributed by atoms with Gasteiger partial charge in [-0.05, 0) is 49.6 Å². The van der Waals surface area contributed by atoms with Crippen LogP contribution >= 0.6 is 0 Å². The van der Waals surface area contributed by atoms with Crippen molar-refractivity contribution >= 4 is 17.3 Å². The van der Waals surface area contributed by atoms with Gasteiger partial charge in [-0.15, -0.1) is 0 Å². The zero-order valence-corrected chi connectivity index (χ0v) is 13.7. The van der Waals surface area contributed by atoms with Crippen molar-refractivity contribution in [3.63, 3.8) is 0 Å². The number of piperidine rings is 1. The number of methoxy groups -OCH3 is 1. The second kappa shape index (κ2) is 7.34. The standard InChI is InChI=1S/C19H21FN2O2/c1-24-18-8-4-3-7-15(18)19(23)21-14-9-10-17(16(20)13-14)22-11-5-2-6-12-22/h3-4,7-10,13H,2,5-6,11-12H2,1H3,(H,21,23). The number of hydrogen-bond acceptors (Lipinski definition) is 3. The van der Waals surface area contributed by atoms with E-state index in [0.717, 1.165) is 25.9 Å². The zero-order valence-electron chi connectivity index (χ0n) is 13.7. The average molecular weight is 328 g/mol. The van der Waals surface area contributed by atoms with E-state index in [1.807, 2.05) is 0 Å². The molecule has 0 aromatic heterocycles. The molecule has 0 radical (unpaired) electrons. The van der Waals surface area contributed by atoms with E-state index in [0.29, 0.717) is 22.7 Å². The smallest absolute Gasteiger partial charge is 0.259 e. The molecular weight excluding hydrogens is 307 g/mol. The molecule has 1 aliphatic heterocycles. The maximum Gasteiger partial charge on any atom is 0.259 e. The van der Waals surface area contributed by atoms with Gasteiger partial charge in [0.05, 0.1) is 18.4 Å². The van der Waals surface area contributed by atoms with Crippen LogP contribution in [0.15, 0.2) is 42.5 Å². The summed E-state index contributed by atoms with van der Waals surface area (Å²) in [6, 6.07) is 11.8. The summed E-state index contributed by atoms with van der Waals surface area (Å²) in [5, 5.41) is 2.73. The van der Waals surface area contributed by atoms with Gasteiger partial charge < -0.3 is 15.0 Å². The highest BCUT2D eigenvalue weighted by Gasteiger charge is 2.16. The predicted octanol–water partition coefficient (Wildman–Crippen LogP) is 4.08. The molecule has 2 aromatic rings. The van der Waals surface area contributed by atoms with Gasteiger partial charge in [0.15, 0.2) is 0 Å². The molecule has 0 aliphatic carbocycles. The number of hydrogen-bond donors (Lipinski definition) is 1. The maximum absolute atomic E-state index is 14.4. The number of rotatable bonds is 4. The number of nitrogens with zero attached hydrogens (tertiary/aromatic N) is 1. The van der Waals surface area contributed by atoms with E-state index in [2.05, 4.69) is 10.2 Å². The summed E-state index contributed by atoms with van der Waals surface area (Å²) in [6.07, 6.45) is 3.38. The van der Waals surface area contributed by atoms with Crippen molar-refractivity contribution in [2.24, 2.45) is 0 Å². The third-order valence-electron chi connectivity index (χ3n) is 4.25. The molecule has 1 fully saturated rings. The number of amides is 1. The second-order valence-corrected chi connectivity index (χ2v) is 5.87. The van der Waals surface area contributed by atoms with E-state index in [1.165, 1.54) is 19.6 Å². The molecule has 24 heavy (non-hydrogen) atoms. The molecule has 0 bridgehead atoms. The highest BCUT2D eigenvalue weighted by molar-refractivity contribution is 6.06. The van der Waals surface area contributed by atoms with E-state index in [-0.39, 0.29) is 11.7 Å². The van der Waals surface area contributed by atoms with Crippen LogP contribution in [-0.2, 0) is 0 Å². The predicted molar refractivity (Wildman–Crippen MR) is 93.4 cm³/mol. The molecule has 0 unspecified atom stereocenters. The molecule has 1 aliphatic rings. The number of ether oxygens (including phenoxy) is 1. The number of halogens is 1. The average Bonchev–Trinajstić information content (AvgIpc) is 2.62. The molecule has 0 atom stereocenters. The van der Waals surface area contributed by atoms with Crippen molar-refractivity contribution in [2.75, 3.05) is 30.4 Å². The Bertz CT molecular complexity index is 727. The summed E-state index contributed by atoms with van der Waals surface area (Å²) < 4.78 is 19.6. The first-order valence-electron chi connectivity index (χ1n) is 8.18. The number of anilines is 2. The van der Waals surface area contributed by atoms with Gasteiger partial charge in [-0.1, -0.05) is 12.1 Å². The van der Waals surface area contributed by atoms with Crippen LogP contribution in [0.4, 0.5) is 15.8 Å². The molecule has 1 N–H and O–H groups in total. The Hall–Kier alpha value is -2.56. The van der Waals surface area contributed by atoms with Gasteiger partial charge in [0.2, 0.25) is 0 Å². The minimum absolute atomic E-state index is 0.310. The SMILES string of the molecule is COc1ccccc1C(=O)Nc1ccc(N2CCCCC2)c(F)c1. The highest BCUT2D eigenvalue weighted by atomic mass is 19.1. The fourth-order valence-corrected chi connectivity index (χ4v) is 3.01. The number of benzene rings is 2. The van der Waals surface area contributed by atoms with Crippen molar-refractivity contribution in [1.29, 1.82) is 0 Å². The third-order valence-corrected chi connectivity index (χ3v) is 4.25. The first-order chi connectivity index (χ1) is 11.7. The minimum atomic E-state index is -0.322. The van der Waals surface area contributed by atoms with Crippen molar-refractivity contribution < 1.29 is 13.9 Å². The minimum Gasteiger partial charge on any atom is -0.496 e. The van der Waals surface area contributed by atoms with E-state index < -0.39 is 0 Å². The summed E-state index contributed by atoms with van der Waals surface area (Å²) in [5.41, 5.74) is 1.45. The molecule has 2 aromatic carbocycles. The number of para-hydroxylation sites is 1. The lowest BCUT2D eigenvalue weighted by Gasteiger charge is -2.29. The molecule has 0 saturated carbocycles. The Morgan fingerprint density at radius 3 is 2.58 bits per heavy atom. The van der Waals surface area contributed by atoms with Crippen LogP contribution in [0.5, 0.6) is 5.75 Å². The Morgan fingerprint density at radius 1 is 1.12 bits per heavy atom. The molecule has 4 nitrogen and oxygen atoms in total. The highest BCUT2D eigenvalue weighted by Crippen LogP contribution is 2.26. The van der Waals surface area contributed by atoms with Crippen LogP contribution in [0.1, 0.15) is 29.6 Å². The summed E-state index contributed by atoms with van der Waals surface area (Å²) in [4.78, 5) is 14.4. The van der Waals surface area contributed by atoms with Crippen molar-refractivity contribution in [1.82, 2.24) is 0 Å². The molecule has 1 amide bonds. The van der Waals surface area contributed by atoms with Crippen LogP contribution in [0, 0.1) is 5.82 Å². The fraction of sp³-hybridized carbons (Fsp3) is 0.316. The van der Waals surface area contributed by atoms with Crippen LogP contribution in [0.2, 0.25) is 0 Å². The van der Waals surface area contributed by atoms with Gasteiger partial charge >= 0.3 is 0 Å². The summed E-state index contributed by atoms with van der Waals surface area (Å²) in [7, 11) is 1.51. The lowest BCUT2D eigenvalue weighted by molar-refractivity contribution is 0.102. The summed E-state index contributed by atoms with van der Waals surface area (Å²) in [5.74, 6) is -0.146. The van der Waals surface area contributed by atoms with Crippen LogP contribution in [0.3, 0.4) is 0 Å². The molecule has 3 rings (SSSR count). The van der Waals surface area contributed by atoms with E-state index in [1.54, 1.807) is 36.4 Å². The van der Waals surface area contributed by atoms with Crippen LogP contribution in [0.25, 0.3) is 0 Å². The normalized spacial score (nSPS) is 14.3. The molecule has 1 heterocycles. The summed E-state index contributed by atoms with van der Waals surface area (Å²) >= 11 is 0. The Balaban J connectivity index is 1.76. The monoisotopic (exact) mass is 328 g/mol. The van der Waals surface area contributed by atoms with Gasteiger partial charge in [0.25, 0.3) is 5.91 Å². The Morgan fingerprint density at radius 2 is 1.88 bits per heavy atom. The third kappa shape index (κ3) is 3.50. The van der Waals surface area contributed by atoms with E-state index >= 15 is 0 Å². The quantitative estimate of drug-likeness (QED) is 0.919. The van der Waals surface area contributed by atoms with E-state index in [9.17, 15) is 9.18 Å². The Labute approximate surface area is 141 Å². The van der Waals surface area contributed by atoms with Gasteiger partial charge in [-0.25, -0.2) is 4.39 Å². The first kappa shape index (κ1) is 16.3. The van der Waals surface area contributed by atoms with Crippen molar-refractivity contribution in [2.45, 2.75) is 19.3 Å². The van der Waals surface area contributed by atoms with Crippen LogP contribution < -0.4 is 15.0 Å². The summed E-state index contributed by atoms with van der Waals surface area (Å²) in [6.45, 7) is 1.76. The topological polar surface area (TPSA) is 41.6 Å². The fourth-order valence-electron chi connectivity index (χ4n) is 3.01. The lowest BCUT2D eigenvalue weighted by Crippen LogP contribution is -2.30. The van der Waals surface area contributed by atoms with E-state index in [4.69, 9.17) is 4.74 Å². The molecule has 1 saturated heterocycles. The maximum atomic E-state index is 14.4. The Kier molecular flexibility index (Phi) is 4.99. The van der Waals surface area contributed by atoms with Gasteiger partial charge in [0, 0.05) is 18.8 Å². The van der Waals surface area contributed by atoms with Crippen molar-refractivity contribution in [3.05, 3.63) is 53.8 Å². The first-order valence-corrected chi connectivity index (χ1v) is 8.18. The molecule has 0 spiro atoms. The number of carbonyl (C=O) groups is 1. The van der Waals surface area contributed by atoms with Crippen molar-refractivity contribution in [3.8, 4) is 5.75 Å². The second-order valence-electron chi connectivity index (χ2n) is 5.87. The molecule has 5 heteroatoms. The largest absolute Gasteiger partial charge is 0.496 e. The van der Waals surface area contributed by atoms with Crippen LogP contribution in [-0.4, -0.2) is 26.1 Å². The lowest BCUT2D eigenvalue weighted by atomic mass is 10.1. The number of carbonyl (C=O) groups excluding carboxylic acids is 1.